The summed E-state index contributed by atoms with van der Waals surface area (Å²) < 4.78 is 0. The first-order valence-electron chi connectivity index (χ1n) is 8.51. The fourth-order valence-corrected chi connectivity index (χ4v) is 2.82. The van der Waals surface area contributed by atoms with Gasteiger partial charge < -0.3 is 5.11 Å². The van der Waals surface area contributed by atoms with Crippen molar-refractivity contribution in [2.24, 2.45) is 0 Å². The van der Waals surface area contributed by atoms with Crippen molar-refractivity contribution in [3.8, 4) is 11.3 Å². The van der Waals surface area contributed by atoms with Gasteiger partial charge in [-0.15, -0.1) is 34.9 Å². The monoisotopic (exact) mass is 539 g/mol. The van der Waals surface area contributed by atoms with E-state index in [2.05, 4.69) is 63.2 Å². The minimum atomic E-state index is -0.125. The molecule has 0 bridgehead atoms. The molecule has 0 aliphatic heterocycles. The molecule has 1 aromatic heterocycles. The van der Waals surface area contributed by atoms with Crippen LogP contribution in [0.4, 0.5) is 0 Å². The molecule has 0 saturated heterocycles. The molecular formula is C23H24IrNO2-. The summed E-state index contributed by atoms with van der Waals surface area (Å²) in [5.74, 6) is -0.0625. The first-order valence-corrected chi connectivity index (χ1v) is 8.51. The Morgan fingerprint density at radius 3 is 2.30 bits per heavy atom. The van der Waals surface area contributed by atoms with Gasteiger partial charge in [0.2, 0.25) is 0 Å². The zero-order chi connectivity index (χ0) is 19.3. The summed E-state index contributed by atoms with van der Waals surface area (Å²) in [6, 6.07) is 18.1. The van der Waals surface area contributed by atoms with E-state index in [1.807, 2.05) is 6.07 Å². The quantitative estimate of drug-likeness (QED) is 0.260. The zero-order valence-corrected chi connectivity index (χ0v) is 18.6. The van der Waals surface area contributed by atoms with Crippen molar-refractivity contribution in [3.05, 3.63) is 77.1 Å². The summed E-state index contributed by atoms with van der Waals surface area (Å²) in [7, 11) is 0. The van der Waals surface area contributed by atoms with E-state index in [0.29, 0.717) is 0 Å². The second-order valence-electron chi connectivity index (χ2n) is 6.49. The minimum Gasteiger partial charge on any atom is -0.512 e. The predicted molar refractivity (Wildman–Crippen MR) is 107 cm³/mol. The second-order valence-corrected chi connectivity index (χ2v) is 6.49. The van der Waals surface area contributed by atoms with Crippen molar-refractivity contribution in [2.45, 2.75) is 34.6 Å². The van der Waals surface area contributed by atoms with E-state index >= 15 is 0 Å². The van der Waals surface area contributed by atoms with Crippen LogP contribution in [0.1, 0.15) is 30.5 Å². The van der Waals surface area contributed by atoms with Crippen LogP contribution >= 0.6 is 0 Å². The number of para-hydroxylation sites is 1. The van der Waals surface area contributed by atoms with Crippen molar-refractivity contribution in [1.29, 1.82) is 0 Å². The van der Waals surface area contributed by atoms with Crippen LogP contribution in [-0.4, -0.2) is 15.9 Å². The van der Waals surface area contributed by atoms with Gasteiger partial charge in [-0.2, -0.15) is 0 Å². The van der Waals surface area contributed by atoms with Crippen LogP contribution in [0.2, 0.25) is 0 Å². The van der Waals surface area contributed by atoms with Crippen molar-refractivity contribution < 1.29 is 30.0 Å². The molecule has 3 rings (SSSR count). The molecule has 0 aliphatic rings. The summed E-state index contributed by atoms with van der Waals surface area (Å²) in [5, 5.41) is 9.58. The summed E-state index contributed by atoms with van der Waals surface area (Å²) >= 11 is 0. The summed E-state index contributed by atoms with van der Waals surface area (Å²) in [4.78, 5) is 14.8. The van der Waals surface area contributed by atoms with Crippen LogP contribution in [0, 0.1) is 26.8 Å². The number of aromatic nitrogens is 1. The van der Waals surface area contributed by atoms with Crippen LogP contribution in [-0.2, 0) is 24.9 Å². The number of carbonyl (C=O) groups excluding carboxylic acids is 1. The van der Waals surface area contributed by atoms with Crippen molar-refractivity contribution in [2.75, 3.05) is 0 Å². The van der Waals surface area contributed by atoms with Crippen LogP contribution in [0.3, 0.4) is 0 Å². The SMILES string of the molecule is CC(=O)/C=C(/C)O.Cc1[c-]c(-c2cc(C)c3ccccc3n2)cc(C)c1.[Ir]. The van der Waals surface area contributed by atoms with Gasteiger partial charge in [0, 0.05) is 31.6 Å². The molecule has 4 heteroatoms. The fraction of sp³-hybridized carbons (Fsp3) is 0.217. The molecule has 0 amide bonds. The van der Waals surface area contributed by atoms with Crippen LogP contribution in [0.5, 0.6) is 0 Å². The van der Waals surface area contributed by atoms with E-state index in [4.69, 9.17) is 10.1 Å². The van der Waals surface area contributed by atoms with Gasteiger partial charge in [-0.3, -0.25) is 9.78 Å². The van der Waals surface area contributed by atoms with E-state index in [0.717, 1.165) is 22.3 Å². The Hall–Kier alpha value is -2.29. The number of rotatable bonds is 2. The molecule has 0 fully saturated rings. The Kier molecular flexibility index (Phi) is 8.55. The molecule has 0 saturated carbocycles. The molecule has 27 heavy (non-hydrogen) atoms. The van der Waals surface area contributed by atoms with Gasteiger partial charge in [-0.05, 0) is 38.1 Å². The standard InChI is InChI=1S/C18H16N.C5H8O2.Ir/c1-12-8-13(2)10-15(9-12)18-11-14(3)16-6-4-5-7-17(16)19-18;1-4(6)3-5(2)7;/h4-9,11H,1-3H3;3,6H,1-2H3;/q-1;;/b;4-3-;. The molecule has 3 nitrogen and oxygen atoms in total. The first-order chi connectivity index (χ1) is 12.3. The number of benzene rings is 2. The van der Waals surface area contributed by atoms with Gasteiger partial charge >= 0.3 is 0 Å². The van der Waals surface area contributed by atoms with Gasteiger partial charge in [-0.25, -0.2) is 0 Å². The second kappa shape index (κ2) is 10.1. The Balaban J connectivity index is 0.000000395. The third-order valence-corrected chi connectivity index (χ3v) is 3.76. The third-order valence-electron chi connectivity index (χ3n) is 3.76. The Morgan fingerprint density at radius 1 is 1.07 bits per heavy atom. The Morgan fingerprint density at radius 2 is 1.74 bits per heavy atom. The van der Waals surface area contributed by atoms with Gasteiger partial charge in [-0.1, -0.05) is 38.1 Å². The number of nitrogens with zero attached hydrogens (tertiary/aromatic N) is 1. The number of carbonyl (C=O) groups is 1. The van der Waals surface area contributed by atoms with E-state index in [1.54, 1.807) is 0 Å². The number of fused-ring (bicyclic) bond motifs is 1. The molecule has 1 heterocycles. The van der Waals surface area contributed by atoms with Crippen molar-refractivity contribution in [3.63, 3.8) is 0 Å². The average Bonchev–Trinajstić information content (AvgIpc) is 2.53. The molecule has 0 atom stereocenters. The molecule has 0 aliphatic carbocycles. The number of hydrogen-bond donors (Lipinski definition) is 1. The van der Waals surface area contributed by atoms with E-state index in [1.165, 1.54) is 36.4 Å². The summed E-state index contributed by atoms with van der Waals surface area (Å²) in [6.07, 6.45) is 1.17. The average molecular weight is 539 g/mol. The summed E-state index contributed by atoms with van der Waals surface area (Å²) in [6.45, 7) is 9.17. The van der Waals surface area contributed by atoms with Gasteiger partial charge in [0.15, 0.2) is 5.78 Å². The number of hydrogen-bond acceptors (Lipinski definition) is 3. The van der Waals surface area contributed by atoms with Gasteiger partial charge in [0.25, 0.3) is 0 Å². The molecular weight excluding hydrogens is 514 g/mol. The topological polar surface area (TPSA) is 50.2 Å². The number of pyridine rings is 1. The third kappa shape index (κ3) is 6.74. The predicted octanol–water partition coefficient (Wildman–Crippen LogP) is 5.66. The number of allylic oxidation sites excluding steroid dienone is 2. The van der Waals surface area contributed by atoms with E-state index in [9.17, 15) is 4.79 Å². The molecule has 3 aromatic rings. The van der Waals surface area contributed by atoms with Crippen molar-refractivity contribution in [1.82, 2.24) is 4.98 Å². The van der Waals surface area contributed by atoms with Gasteiger partial charge in [0.05, 0.1) is 11.3 Å². The number of aryl methyl sites for hydroxylation is 3. The van der Waals surface area contributed by atoms with E-state index in [-0.39, 0.29) is 31.6 Å². The fourth-order valence-electron chi connectivity index (χ4n) is 2.82. The first kappa shape index (κ1) is 22.7. The molecule has 0 spiro atoms. The summed E-state index contributed by atoms with van der Waals surface area (Å²) in [5.41, 5.74) is 6.79. The maximum absolute atomic E-state index is 10.0. The maximum Gasteiger partial charge on any atom is 0.155 e. The smallest absolute Gasteiger partial charge is 0.155 e. The number of ketones is 1. The normalized spacial score (nSPS) is 10.6. The van der Waals surface area contributed by atoms with Crippen LogP contribution < -0.4 is 0 Å². The number of aliphatic hydroxyl groups is 1. The Labute approximate surface area is 174 Å². The van der Waals surface area contributed by atoms with Crippen molar-refractivity contribution >= 4 is 16.7 Å². The minimum absolute atomic E-state index is 0. The van der Waals surface area contributed by atoms with Crippen LogP contribution in [0.15, 0.2) is 54.3 Å². The molecule has 1 radical (unpaired) electrons. The molecule has 0 unspecified atom stereocenters. The zero-order valence-electron chi connectivity index (χ0n) is 16.3. The van der Waals surface area contributed by atoms with Crippen LogP contribution in [0.25, 0.3) is 22.2 Å². The van der Waals surface area contributed by atoms with E-state index < -0.39 is 0 Å². The maximum atomic E-state index is 10.0. The number of aliphatic hydroxyl groups excluding tert-OH is 1. The molecule has 143 valence electrons. The van der Waals surface area contributed by atoms with Gasteiger partial charge in [0.1, 0.15) is 0 Å². The Bertz CT molecular complexity index is 953. The largest absolute Gasteiger partial charge is 0.512 e. The molecule has 2 aromatic carbocycles. The molecule has 1 N–H and O–H groups in total.